The van der Waals surface area contributed by atoms with Gasteiger partial charge < -0.3 is 34.3 Å². The highest BCUT2D eigenvalue weighted by atomic mass is 16.5. The Labute approximate surface area is 272 Å². The highest BCUT2D eigenvalue weighted by Crippen LogP contribution is 2.37. The minimum atomic E-state index is -1.34. The van der Waals surface area contributed by atoms with Crippen LogP contribution in [0.25, 0.3) is 10.9 Å². The Kier molecular flexibility index (Phi) is 9.37. The number of aliphatic hydroxyl groups excluding tert-OH is 1. The Morgan fingerprint density at radius 1 is 1.02 bits per heavy atom. The van der Waals surface area contributed by atoms with Crippen LogP contribution in [0, 0.1) is 5.41 Å². The number of pyridine rings is 3. The number of fused-ring (bicyclic) bond motifs is 2. The summed E-state index contributed by atoms with van der Waals surface area (Å²) in [6, 6.07) is 9.61. The average Bonchev–Trinajstić information content (AvgIpc) is 3.01. The zero-order valence-corrected chi connectivity index (χ0v) is 27.4. The number of carbonyl (C=O) groups is 2. The number of aromatic nitrogens is 3. The van der Waals surface area contributed by atoms with Gasteiger partial charge in [-0.3, -0.25) is 19.4 Å². The molecular formula is C35H40N4O8. The van der Waals surface area contributed by atoms with E-state index in [1.807, 2.05) is 20.8 Å². The van der Waals surface area contributed by atoms with E-state index >= 15 is 0 Å². The van der Waals surface area contributed by atoms with E-state index in [2.05, 4.69) is 15.3 Å². The summed E-state index contributed by atoms with van der Waals surface area (Å²) in [5, 5.41) is 23.5. The van der Waals surface area contributed by atoms with Crippen molar-refractivity contribution in [1.82, 2.24) is 14.5 Å². The number of rotatable bonds is 10. The summed E-state index contributed by atoms with van der Waals surface area (Å²) >= 11 is 0. The third-order valence-electron chi connectivity index (χ3n) is 7.80. The molecule has 3 N–H and O–H groups in total. The fourth-order valence-electron chi connectivity index (χ4n) is 5.26. The molecule has 4 aromatic rings. The third kappa shape index (κ3) is 7.61. The lowest BCUT2D eigenvalue weighted by molar-refractivity contribution is -0.0663. The highest BCUT2D eigenvalue weighted by molar-refractivity contribution is 6.06. The number of amides is 1. The van der Waals surface area contributed by atoms with Crippen LogP contribution in [0.3, 0.4) is 0 Å². The third-order valence-corrected chi connectivity index (χ3v) is 7.80. The second-order valence-corrected chi connectivity index (χ2v) is 13.4. The van der Waals surface area contributed by atoms with Crippen LogP contribution in [0.4, 0.5) is 5.82 Å². The minimum Gasteiger partial charge on any atom is -0.493 e. The van der Waals surface area contributed by atoms with Crippen LogP contribution in [0.5, 0.6) is 23.0 Å². The first-order valence-corrected chi connectivity index (χ1v) is 15.4. The van der Waals surface area contributed by atoms with Crippen molar-refractivity contribution in [2.45, 2.75) is 72.1 Å². The Morgan fingerprint density at radius 2 is 1.79 bits per heavy atom. The lowest BCUT2D eigenvalue weighted by Crippen LogP contribution is -2.40. The number of methoxy groups -OCH3 is 1. The maximum atomic E-state index is 13.5. The summed E-state index contributed by atoms with van der Waals surface area (Å²) in [5.74, 6) is 1.01. The number of Topliss-reactive ketones (excluding diaryl/α,β-unsaturated/α-hetero) is 1. The fraction of sp³-hybridized carbons (Fsp3) is 0.400. The smallest absolute Gasteiger partial charge is 0.263 e. The maximum absolute atomic E-state index is 13.5. The van der Waals surface area contributed by atoms with Crippen LogP contribution < -0.4 is 25.1 Å². The molecule has 1 atom stereocenters. The molecule has 3 heterocycles. The Balaban J connectivity index is 1.35. The summed E-state index contributed by atoms with van der Waals surface area (Å²) in [5.41, 5.74) is -0.486. The van der Waals surface area contributed by atoms with Gasteiger partial charge in [0.05, 0.1) is 24.4 Å². The Bertz CT molecular complexity index is 1870. The van der Waals surface area contributed by atoms with Gasteiger partial charge in [-0.25, -0.2) is 4.98 Å². The number of hydrogen-bond acceptors (Lipinski definition) is 10. The molecule has 1 aliphatic carbocycles. The first-order valence-electron chi connectivity index (χ1n) is 15.4. The van der Waals surface area contributed by atoms with Gasteiger partial charge in [-0.05, 0) is 62.4 Å². The molecule has 1 aliphatic rings. The van der Waals surface area contributed by atoms with E-state index in [9.17, 15) is 24.6 Å². The van der Waals surface area contributed by atoms with E-state index in [0.717, 1.165) is 0 Å². The van der Waals surface area contributed by atoms with Crippen molar-refractivity contribution in [1.29, 1.82) is 0 Å². The molecule has 0 fully saturated rings. The average molecular weight is 645 g/mol. The van der Waals surface area contributed by atoms with Crippen molar-refractivity contribution in [2.75, 3.05) is 19.0 Å². The number of carbonyl (C=O) groups excluding carboxylic acids is 2. The van der Waals surface area contributed by atoms with Gasteiger partial charge in [-0.1, -0.05) is 20.8 Å². The van der Waals surface area contributed by atoms with E-state index in [1.165, 1.54) is 33.2 Å². The summed E-state index contributed by atoms with van der Waals surface area (Å²) in [6.07, 6.45) is 3.54. The largest absolute Gasteiger partial charge is 0.493 e. The molecule has 0 aliphatic heterocycles. The maximum Gasteiger partial charge on any atom is 0.263 e. The molecule has 248 valence electrons. The van der Waals surface area contributed by atoms with Crippen LogP contribution >= 0.6 is 0 Å². The van der Waals surface area contributed by atoms with Gasteiger partial charge in [0.1, 0.15) is 35.6 Å². The number of nitrogens with one attached hydrogen (secondary N) is 1. The molecule has 0 saturated heterocycles. The van der Waals surface area contributed by atoms with Gasteiger partial charge in [0.15, 0.2) is 17.3 Å². The number of ketones is 1. The van der Waals surface area contributed by atoms with E-state index < -0.39 is 23.2 Å². The quantitative estimate of drug-likeness (QED) is 0.216. The Hall–Kier alpha value is -4.81. The summed E-state index contributed by atoms with van der Waals surface area (Å²) < 4.78 is 18.9. The SMILES string of the molecule is COc1cc2c(Oc3ccc(NC(=O)c4cc5c(n(CC(C)(C)C)c4=O)CCCC5=O)nc3)ccnc2cc1OC[C@@H](O)C(C)(C)O. The Morgan fingerprint density at radius 3 is 2.45 bits per heavy atom. The molecule has 5 rings (SSSR count). The predicted molar refractivity (Wildman–Crippen MR) is 176 cm³/mol. The molecular weight excluding hydrogens is 604 g/mol. The van der Waals surface area contributed by atoms with E-state index in [4.69, 9.17) is 14.2 Å². The lowest BCUT2D eigenvalue weighted by Gasteiger charge is -2.26. The van der Waals surface area contributed by atoms with Crippen LogP contribution in [-0.4, -0.2) is 61.9 Å². The number of benzene rings is 1. The van der Waals surface area contributed by atoms with Gasteiger partial charge in [-0.2, -0.15) is 0 Å². The van der Waals surface area contributed by atoms with Crippen molar-refractivity contribution in [3.63, 3.8) is 0 Å². The second kappa shape index (κ2) is 13.1. The van der Waals surface area contributed by atoms with Gasteiger partial charge in [0, 0.05) is 41.9 Å². The van der Waals surface area contributed by atoms with Crippen LogP contribution in [-0.2, 0) is 13.0 Å². The van der Waals surface area contributed by atoms with Gasteiger partial charge in [0.2, 0.25) is 0 Å². The van der Waals surface area contributed by atoms with Crippen molar-refractivity contribution in [3.8, 4) is 23.0 Å². The van der Waals surface area contributed by atoms with Crippen LogP contribution in [0.1, 0.15) is 73.9 Å². The van der Waals surface area contributed by atoms with Crippen molar-refractivity contribution in [2.24, 2.45) is 5.41 Å². The van der Waals surface area contributed by atoms with E-state index in [1.54, 1.807) is 41.1 Å². The van der Waals surface area contributed by atoms with Crippen molar-refractivity contribution < 1.29 is 34.0 Å². The number of anilines is 1. The lowest BCUT2D eigenvalue weighted by atomic mass is 9.91. The normalized spacial score (nSPS) is 14.0. The molecule has 0 radical (unpaired) electrons. The monoisotopic (exact) mass is 644 g/mol. The molecule has 0 saturated carbocycles. The van der Waals surface area contributed by atoms with E-state index in [-0.39, 0.29) is 29.2 Å². The summed E-state index contributed by atoms with van der Waals surface area (Å²) in [6.45, 7) is 9.20. The topological polar surface area (TPSA) is 162 Å². The molecule has 0 bridgehead atoms. The van der Waals surface area contributed by atoms with Crippen molar-refractivity contribution >= 4 is 28.4 Å². The second-order valence-electron chi connectivity index (χ2n) is 13.4. The first kappa shape index (κ1) is 33.6. The van der Waals surface area contributed by atoms with E-state index in [0.29, 0.717) is 71.0 Å². The molecule has 1 aromatic carbocycles. The van der Waals surface area contributed by atoms with Crippen LogP contribution in [0.2, 0.25) is 0 Å². The molecule has 0 spiro atoms. The molecule has 47 heavy (non-hydrogen) atoms. The first-order chi connectivity index (χ1) is 22.1. The van der Waals surface area contributed by atoms with Gasteiger partial charge in [0.25, 0.3) is 11.5 Å². The standard InChI is InChI=1S/C35H40N4O8/c1-34(2,3)19-39-25-8-7-9-26(40)22(25)14-23(33(39)43)32(42)38-31-11-10-20(17-37-31)47-27-12-13-36-24-16-29(28(45-6)15-21(24)27)46-18-30(41)35(4,5)44/h10-17,30,41,44H,7-9,18-19H2,1-6H3,(H,37,38,42)/t30-/m1/s1. The van der Waals surface area contributed by atoms with Gasteiger partial charge in [-0.15, -0.1) is 0 Å². The molecule has 0 unspecified atom stereocenters. The van der Waals surface area contributed by atoms with Crippen LogP contribution in [0.15, 0.2) is 53.6 Å². The van der Waals surface area contributed by atoms with Gasteiger partial charge >= 0.3 is 0 Å². The number of ether oxygens (including phenoxy) is 3. The molecule has 12 heteroatoms. The predicted octanol–water partition coefficient (Wildman–Crippen LogP) is 4.92. The highest BCUT2D eigenvalue weighted by Gasteiger charge is 2.28. The fourth-order valence-corrected chi connectivity index (χ4v) is 5.26. The number of hydrogen-bond donors (Lipinski definition) is 3. The minimum absolute atomic E-state index is 0.0721. The zero-order chi connectivity index (χ0) is 34.1. The zero-order valence-electron chi connectivity index (χ0n) is 27.4. The summed E-state index contributed by atoms with van der Waals surface area (Å²) in [4.78, 5) is 48.3. The number of aliphatic hydroxyl groups is 2. The summed E-state index contributed by atoms with van der Waals surface area (Å²) in [7, 11) is 1.48. The molecule has 12 nitrogen and oxygen atoms in total. The van der Waals surface area contributed by atoms with Crippen molar-refractivity contribution in [3.05, 3.63) is 76.0 Å². The molecule has 3 aromatic heterocycles. The number of nitrogens with zero attached hydrogens (tertiary/aromatic N) is 3. The molecule has 1 amide bonds.